The van der Waals surface area contributed by atoms with Crippen LogP contribution in [0.4, 0.5) is 18.2 Å². The van der Waals surface area contributed by atoms with E-state index in [0.29, 0.717) is 16.1 Å². The molecule has 0 aliphatic rings. The third-order valence-corrected chi connectivity index (χ3v) is 7.94. The van der Waals surface area contributed by atoms with Gasteiger partial charge in [-0.1, -0.05) is 30.3 Å². The summed E-state index contributed by atoms with van der Waals surface area (Å²) in [5.74, 6) is -0.207. The molecule has 0 saturated carbocycles. The molecular formula is C21H20F3NO3S2. The lowest BCUT2D eigenvalue weighted by molar-refractivity contribution is -0.134. The largest absolute Gasteiger partial charge is 0.389 e. The molecule has 2 aromatic carbocycles. The number of nitrogens with zero attached hydrogens (tertiary/aromatic N) is 1. The van der Waals surface area contributed by atoms with Crippen LogP contribution in [0.3, 0.4) is 0 Å². The molecule has 0 atom stereocenters. The summed E-state index contributed by atoms with van der Waals surface area (Å²) in [5.41, 5.74) is 1.06. The van der Waals surface area contributed by atoms with Crippen molar-refractivity contribution in [1.29, 1.82) is 0 Å². The molecule has 0 fully saturated rings. The van der Waals surface area contributed by atoms with E-state index in [-0.39, 0.29) is 23.6 Å². The summed E-state index contributed by atoms with van der Waals surface area (Å²) >= 11 is 1.23. The fraction of sp³-hybridized carbons (Fsp3) is 0.286. The molecule has 0 N–H and O–H groups in total. The molecule has 4 nitrogen and oxygen atoms in total. The molecule has 1 aromatic heterocycles. The van der Waals surface area contributed by atoms with Crippen molar-refractivity contribution in [2.75, 3.05) is 10.8 Å². The highest BCUT2D eigenvalue weighted by Gasteiger charge is 2.31. The SMILES string of the molecule is CC(=O)c1ccc(S(=O)(=O)N(CCCC(F)(F)F)c2sc3ccccc3c2C)cc1. The van der Waals surface area contributed by atoms with Gasteiger partial charge < -0.3 is 0 Å². The van der Waals surface area contributed by atoms with Crippen molar-refractivity contribution in [3.8, 4) is 0 Å². The van der Waals surface area contributed by atoms with Gasteiger partial charge in [0, 0.05) is 23.2 Å². The second-order valence-electron chi connectivity index (χ2n) is 6.90. The molecule has 30 heavy (non-hydrogen) atoms. The molecule has 0 spiro atoms. The Labute approximate surface area is 177 Å². The van der Waals surface area contributed by atoms with E-state index in [0.717, 1.165) is 14.4 Å². The zero-order chi connectivity index (χ0) is 22.1. The molecular weight excluding hydrogens is 435 g/mol. The van der Waals surface area contributed by atoms with Crippen molar-refractivity contribution in [1.82, 2.24) is 0 Å². The summed E-state index contributed by atoms with van der Waals surface area (Å²) in [6, 6.07) is 12.8. The van der Waals surface area contributed by atoms with Gasteiger partial charge in [-0.05, 0) is 49.4 Å². The van der Waals surface area contributed by atoms with Crippen LogP contribution in [-0.2, 0) is 10.0 Å². The lowest BCUT2D eigenvalue weighted by Gasteiger charge is -2.24. The van der Waals surface area contributed by atoms with Crippen LogP contribution in [0.1, 0.15) is 35.7 Å². The summed E-state index contributed by atoms with van der Waals surface area (Å²) < 4.78 is 66.7. The number of benzene rings is 2. The number of fused-ring (bicyclic) bond motifs is 1. The first-order chi connectivity index (χ1) is 14.0. The molecule has 160 valence electrons. The van der Waals surface area contributed by atoms with Crippen LogP contribution in [0.15, 0.2) is 53.4 Å². The minimum absolute atomic E-state index is 0.0728. The van der Waals surface area contributed by atoms with Crippen LogP contribution < -0.4 is 4.31 Å². The van der Waals surface area contributed by atoms with Crippen molar-refractivity contribution < 1.29 is 26.4 Å². The summed E-state index contributed by atoms with van der Waals surface area (Å²) in [6.07, 6.45) is -5.80. The Balaban J connectivity index is 2.05. The highest BCUT2D eigenvalue weighted by atomic mass is 32.2. The fourth-order valence-corrected chi connectivity index (χ4v) is 6.15. The van der Waals surface area contributed by atoms with Crippen LogP contribution in [0.2, 0.25) is 0 Å². The molecule has 0 saturated heterocycles. The van der Waals surface area contributed by atoms with E-state index < -0.39 is 22.6 Å². The van der Waals surface area contributed by atoms with E-state index in [4.69, 9.17) is 0 Å². The van der Waals surface area contributed by atoms with Gasteiger partial charge in [0.1, 0.15) is 5.00 Å². The molecule has 0 bridgehead atoms. The topological polar surface area (TPSA) is 54.5 Å². The normalized spacial score (nSPS) is 12.3. The second-order valence-corrected chi connectivity index (χ2v) is 9.80. The van der Waals surface area contributed by atoms with Crippen molar-refractivity contribution in [2.24, 2.45) is 0 Å². The van der Waals surface area contributed by atoms with E-state index in [9.17, 15) is 26.4 Å². The highest BCUT2D eigenvalue weighted by molar-refractivity contribution is 7.93. The first-order valence-electron chi connectivity index (χ1n) is 9.19. The minimum Gasteiger partial charge on any atom is -0.295 e. The van der Waals surface area contributed by atoms with Gasteiger partial charge in [-0.3, -0.25) is 9.10 Å². The maximum atomic E-state index is 13.4. The third-order valence-electron chi connectivity index (χ3n) is 4.72. The van der Waals surface area contributed by atoms with E-state index >= 15 is 0 Å². The molecule has 3 rings (SSSR count). The summed E-state index contributed by atoms with van der Waals surface area (Å²) in [4.78, 5) is 11.4. The number of halogens is 3. The van der Waals surface area contributed by atoms with Crippen molar-refractivity contribution in [3.05, 3.63) is 59.7 Å². The van der Waals surface area contributed by atoms with Gasteiger partial charge >= 0.3 is 6.18 Å². The average Bonchev–Trinajstić information content (AvgIpc) is 3.01. The fourth-order valence-electron chi connectivity index (χ4n) is 3.14. The number of thiophene rings is 1. The first-order valence-corrected chi connectivity index (χ1v) is 11.4. The van der Waals surface area contributed by atoms with E-state index in [1.54, 1.807) is 6.92 Å². The molecule has 3 aromatic rings. The summed E-state index contributed by atoms with van der Waals surface area (Å²) in [6.45, 7) is 2.83. The van der Waals surface area contributed by atoms with Crippen LogP contribution >= 0.6 is 11.3 Å². The van der Waals surface area contributed by atoms with Gasteiger partial charge in [-0.25, -0.2) is 8.42 Å². The quantitative estimate of drug-likeness (QED) is 0.414. The van der Waals surface area contributed by atoms with Gasteiger partial charge in [0.2, 0.25) is 0 Å². The summed E-state index contributed by atoms with van der Waals surface area (Å²) in [5, 5.41) is 1.26. The van der Waals surface area contributed by atoms with E-state index in [1.165, 1.54) is 42.5 Å². The lowest BCUT2D eigenvalue weighted by Crippen LogP contribution is -2.32. The number of rotatable bonds is 7. The highest BCUT2D eigenvalue weighted by Crippen LogP contribution is 2.40. The van der Waals surface area contributed by atoms with Crippen LogP contribution in [0, 0.1) is 6.92 Å². The average molecular weight is 456 g/mol. The van der Waals surface area contributed by atoms with Crippen molar-refractivity contribution >= 4 is 42.2 Å². The molecule has 1 heterocycles. The first kappa shape index (κ1) is 22.3. The number of alkyl halides is 3. The van der Waals surface area contributed by atoms with Gasteiger partial charge in [0.25, 0.3) is 10.0 Å². The molecule has 0 unspecified atom stereocenters. The molecule has 9 heteroatoms. The number of Topliss-reactive ketones (excluding diaryl/α,β-unsaturated/α-hetero) is 1. The number of ketones is 1. The minimum atomic E-state index is -4.37. The van der Waals surface area contributed by atoms with Gasteiger partial charge in [-0.2, -0.15) is 13.2 Å². The van der Waals surface area contributed by atoms with E-state index in [1.807, 2.05) is 24.3 Å². The molecule has 0 aliphatic carbocycles. The number of hydrogen-bond acceptors (Lipinski definition) is 4. The van der Waals surface area contributed by atoms with Gasteiger partial charge in [0.15, 0.2) is 5.78 Å². The predicted octanol–water partition coefficient (Wildman–Crippen LogP) is 5.95. The monoisotopic (exact) mass is 455 g/mol. The Morgan fingerprint density at radius 3 is 2.27 bits per heavy atom. The van der Waals surface area contributed by atoms with Crippen LogP contribution in [-0.4, -0.2) is 26.9 Å². The van der Waals surface area contributed by atoms with Crippen molar-refractivity contribution in [3.63, 3.8) is 0 Å². The van der Waals surface area contributed by atoms with E-state index in [2.05, 4.69) is 0 Å². The number of anilines is 1. The Bertz CT molecular complexity index is 1170. The number of aryl methyl sites for hydroxylation is 1. The van der Waals surface area contributed by atoms with Crippen LogP contribution in [0.5, 0.6) is 0 Å². The van der Waals surface area contributed by atoms with Gasteiger partial charge in [0.05, 0.1) is 4.90 Å². The number of carbonyl (C=O) groups excluding carboxylic acids is 1. The number of sulfonamides is 1. The van der Waals surface area contributed by atoms with Crippen LogP contribution in [0.25, 0.3) is 10.1 Å². The Kier molecular flexibility index (Phi) is 6.24. The predicted molar refractivity (Wildman–Crippen MR) is 113 cm³/mol. The molecule has 0 aliphatic heterocycles. The smallest absolute Gasteiger partial charge is 0.295 e. The standard InChI is InChI=1S/C21H20F3NO3S2/c1-14-18-6-3-4-7-19(18)29-20(14)25(13-5-12-21(22,23)24)30(27,28)17-10-8-16(9-11-17)15(2)26/h3-4,6-11H,5,12-13H2,1-2H3. The maximum Gasteiger partial charge on any atom is 0.389 e. The third kappa shape index (κ3) is 4.67. The summed E-state index contributed by atoms with van der Waals surface area (Å²) in [7, 11) is -4.12. The zero-order valence-electron chi connectivity index (χ0n) is 16.4. The zero-order valence-corrected chi connectivity index (χ0v) is 18.0. The Morgan fingerprint density at radius 1 is 1.07 bits per heavy atom. The molecule has 0 radical (unpaired) electrons. The van der Waals surface area contributed by atoms with Crippen molar-refractivity contribution in [2.45, 2.75) is 37.8 Å². The number of carbonyl (C=O) groups is 1. The number of hydrogen-bond donors (Lipinski definition) is 0. The second kappa shape index (κ2) is 8.39. The maximum absolute atomic E-state index is 13.4. The Morgan fingerprint density at radius 2 is 1.70 bits per heavy atom. The van der Waals surface area contributed by atoms with Gasteiger partial charge in [-0.15, -0.1) is 11.3 Å². The Hall–Kier alpha value is -2.39. The lowest BCUT2D eigenvalue weighted by atomic mass is 10.2. The molecule has 0 amide bonds.